The maximum Gasteiger partial charge on any atom is 0.114 e. The molecule has 0 radical (unpaired) electrons. The Kier molecular flexibility index (Phi) is 5.54. The molecule has 0 bridgehead atoms. The molecule has 3 aromatic rings. The van der Waals surface area contributed by atoms with Gasteiger partial charge in [-0.25, -0.2) is 4.98 Å². The molecule has 0 N–H and O–H groups in total. The van der Waals surface area contributed by atoms with Crippen molar-refractivity contribution < 1.29 is 0 Å². The SMILES string of the molecule is CCN(CC)CCn1c(Cc2ccccc2)nc2ccc(Cl)cc21. The van der Waals surface area contributed by atoms with Crippen LogP contribution in [0.25, 0.3) is 11.0 Å². The second-order valence-corrected chi connectivity index (χ2v) is 6.44. The summed E-state index contributed by atoms with van der Waals surface area (Å²) in [6, 6.07) is 16.5. The van der Waals surface area contributed by atoms with Crippen molar-refractivity contribution in [3.63, 3.8) is 0 Å². The standard InChI is InChI=1S/C20H24ClN3/c1-3-23(4-2)12-13-24-19-15-17(21)10-11-18(19)22-20(24)14-16-8-6-5-7-9-16/h5-11,15H,3-4,12-14H2,1-2H3. The van der Waals surface area contributed by atoms with E-state index in [2.05, 4.69) is 47.6 Å². The van der Waals surface area contributed by atoms with Gasteiger partial charge < -0.3 is 9.47 Å². The van der Waals surface area contributed by atoms with Crippen LogP contribution >= 0.6 is 11.6 Å². The summed E-state index contributed by atoms with van der Waals surface area (Å²) in [6.07, 6.45) is 0.839. The molecule has 0 spiro atoms. The summed E-state index contributed by atoms with van der Waals surface area (Å²) in [5, 5.41) is 0.762. The first kappa shape index (κ1) is 17.0. The van der Waals surface area contributed by atoms with Crippen molar-refractivity contribution in [3.05, 3.63) is 64.9 Å². The van der Waals surface area contributed by atoms with Crippen molar-refractivity contribution in [2.75, 3.05) is 19.6 Å². The van der Waals surface area contributed by atoms with Gasteiger partial charge in [-0.2, -0.15) is 0 Å². The molecule has 0 atom stereocenters. The van der Waals surface area contributed by atoms with E-state index in [1.807, 2.05) is 24.3 Å². The van der Waals surface area contributed by atoms with Gasteiger partial charge >= 0.3 is 0 Å². The van der Waals surface area contributed by atoms with Crippen LogP contribution in [-0.4, -0.2) is 34.1 Å². The highest BCUT2D eigenvalue weighted by Gasteiger charge is 2.12. The molecular formula is C20H24ClN3. The van der Waals surface area contributed by atoms with Crippen LogP contribution in [0.4, 0.5) is 0 Å². The molecule has 0 saturated heterocycles. The van der Waals surface area contributed by atoms with Gasteiger partial charge in [0.25, 0.3) is 0 Å². The van der Waals surface area contributed by atoms with Gasteiger partial charge in [0.2, 0.25) is 0 Å². The maximum atomic E-state index is 6.23. The fraction of sp³-hybridized carbons (Fsp3) is 0.350. The number of hydrogen-bond acceptors (Lipinski definition) is 2. The van der Waals surface area contributed by atoms with E-state index in [-0.39, 0.29) is 0 Å². The first-order valence-corrected chi connectivity index (χ1v) is 9.00. The largest absolute Gasteiger partial charge is 0.326 e. The van der Waals surface area contributed by atoms with Crippen molar-refractivity contribution in [1.29, 1.82) is 0 Å². The average molecular weight is 342 g/mol. The van der Waals surface area contributed by atoms with Gasteiger partial charge in [0, 0.05) is 24.5 Å². The number of rotatable bonds is 7. The van der Waals surface area contributed by atoms with Crippen LogP contribution < -0.4 is 0 Å². The second-order valence-electron chi connectivity index (χ2n) is 6.00. The third-order valence-corrected chi connectivity index (χ3v) is 4.76. The molecule has 0 aliphatic carbocycles. The number of hydrogen-bond donors (Lipinski definition) is 0. The van der Waals surface area contributed by atoms with Crippen molar-refractivity contribution >= 4 is 22.6 Å². The topological polar surface area (TPSA) is 21.1 Å². The fourth-order valence-corrected chi connectivity index (χ4v) is 3.26. The molecule has 0 aliphatic rings. The number of imidazole rings is 1. The van der Waals surface area contributed by atoms with Gasteiger partial charge in [-0.05, 0) is 36.9 Å². The Bertz CT molecular complexity index is 791. The Morgan fingerprint density at radius 3 is 2.50 bits per heavy atom. The highest BCUT2D eigenvalue weighted by atomic mass is 35.5. The molecule has 2 aromatic carbocycles. The molecule has 3 rings (SSSR count). The van der Waals surface area contributed by atoms with E-state index in [4.69, 9.17) is 16.6 Å². The average Bonchev–Trinajstić information content (AvgIpc) is 2.93. The minimum absolute atomic E-state index is 0.762. The zero-order chi connectivity index (χ0) is 16.9. The summed E-state index contributed by atoms with van der Waals surface area (Å²) in [5.41, 5.74) is 3.42. The Labute approximate surface area is 148 Å². The van der Waals surface area contributed by atoms with Gasteiger partial charge in [0.05, 0.1) is 11.0 Å². The third-order valence-electron chi connectivity index (χ3n) is 4.53. The van der Waals surface area contributed by atoms with Crippen molar-refractivity contribution in [2.45, 2.75) is 26.8 Å². The Morgan fingerprint density at radius 1 is 1.04 bits per heavy atom. The number of benzene rings is 2. The highest BCUT2D eigenvalue weighted by Crippen LogP contribution is 2.22. The lowest BCUT2D eigenvalue weighted by Gasteiger charge is -2.19. The summed E-state index contributed by atoms with van der Waals surface area (Å²) in [4.78, 5) is 7.30. The van der Waals surface area contributed by atoms with Crippen molar-refractivity contribution in [1.82, 2.24) is 14.5 Å². The van der Waals surface area contributed by atoms with Crippen LogP contribution in [0, 0.1) is 0 Å². The number of aromatic nitrogens is 2. The van der Waals surface area contributed by atoms with Crippen molar-refractivity contribution in [3.8, 4) is 0 Å². The zero-order valence-corrected chi connectivity index (χ0v) is 15.1. The molecule has 24 heavy (non-hydrogen) atoms. The van der Waals surface area contributed by atoms with Gasteiger partial charge in [-0.1, -0.05) is 55.8 Å². The number of fused-ring (bicyclic) bond motifs is 1. The predicted molar refractivity (Wildman–Crippen MR) is 102 cm³/mol. The van der Waals surface area contributed by atoms with Crippen LogP contribution in [0.5, 0.6) is 0 Å². The van der Waals surface area contributed by atoms with E-state index in [9.17, 15) is 0 Å². The summed E-state index contributed by atoms with van der Waals surface area (Å²) >= 11 is 6.23. The molecule has 126 valence electrons. The molecule has 0 saturated carbocycles. The zero-order valence-electron chi connectivity index (χ0n) is 14.4. The lowest BCUT2D eigenvalue weighted by molar-refractivity contribution is 0.291. The normalized spacial score (nSPS) is 11.5. The highest BCUT2D eigenvalue weighted by molar-refractivity contribution is 6.31. The van der Waals surface area contributed by atoms with E-state index < -0.39 is 0 Å². The molecule has 1 aromatic heterocycles. The Hall–Kier alpha value is -1.84. The maximum absolute atomic E-state index is 6.23. The molecule has 0 aliphatic heterocycles. The van der Waals surface area contributed by atoms with E-state index in [1.54, 1.807) is 0 Å². The quantitative estimate of drug-likeness (QED) is 0.625. The van der Waals surface area contributed by atoms with E-state index in [0.29, 0.717) is 0 Å². The molecule has 0 fully saturated rings. The van der Waals surface area contributed by atoms with E-state index >= 15 is 0 Å². The van der Waals surface area contributed by atoms with Crippen LogP contribution in [0.3, 0.4) is 0 Å². The number of halogens is 1. The molecule has 3 nitrogen and oxygen atoms in total. The predicted octanol–water partition coefficient (Wildman–Crippen LogP) is 4.62. The summed E-state index contributed by atoms with van der Waals surface area (Å²) in [5.74, 6) is 1.10. The van der Waals surface area contributed by atoms with Crippen LogP contribution in [-0.2, 0) is 13.0 Å². The van der Waals surface area contributed by atoms with Gasteiger partial charge in [0.15, 0.2) is 0 Å². The molecule has 4 heteroatoms. The van der Waals surface area contributed by atoms with Crippen LogP contribution in [0.1, 0.15) is 25.2 Å². The first-order chi connectivity index (χ1) is 11.7. The molecular weight excluding hydrogens is 318 g/mol. The lowest BCUT2D eigenvalue weighted by atomic mass is 10.1. The summed E-state index contributed by atoms with van der Waals surface area (Å²) < 4.78 is 2.33. The van der Waals surface area contributed by atoms with Gasteiger partial charge in [-0.3, -0.25) is 0 Å². The first-order valence-electron chi connectivity index (χ1n) is 8.62. The van der Waals surface area contributed by atoms with Crippen LogP contribution in [0.2, 0.25) is 5.02 Å². The smallest absolute Gasteiger partial charge is 0.114 e. The third kappa shape index (κ3) is 3.80. The van der Waals surface area contributed by atoms with E-state index in [0.717, 1.165) is 54.5 Å². The van der Waals surface area contributed by atoms with Gasteiger partial charge in [-0.15, -0.1) is 0 Å². The molecule has 0 amide bonds. The fourth-order valence-electron chi connectivity index (χ4n) is 3.09. The van der Waals surface area contributed by atoms with Crippen molar-refractivity contribution in [2.24, 2.45) is 0 Å². The Balaban J connectivity index is 1.95. The number of nitrogens with zero attached hydrogens (tertiary/aromatic N) is 3. The molecule has 0 unspecified atom stereocenters. The minimum Gasteiger partial charge on any atom is -0.326 e. The number of likely N-dealkylation sites (N-methyl/N-ethyl adjacent to an activating group) is 1. The van der Waals surface area contributed by atoms with Crippen LogP contribution in [0.15, 0.2) is 48.5 Å². The lowest BCUT2D eigenvalue weighted by Crippen LogP contribution is -2.27. The second kappa shape index (κ2) is 7.82. The summed E-state index contributed by atoms with van der Waals surface area (Å²) in [7, 11) is 0. The Morgan fingerprint density at radius 2 is 1.79 bits per heavy atom. The van der Waals surface area contributed by atoms with Gasteiger partial charge in [0.1, 0.15) is 5.82 Å². The monoisotopic (exact) mass is 341 g/mol. The van der Waals surface area contributed by atoms with E-state index in [1.165, 1.54) is 5.56 Å². The minimum atomic E-state index is 0.762. The summed E-state index contributed by atoms with van der Waals surface area (Å²) in [6.45, 7) is 8.50. The molecule has 1 heterocycles.